The molecule has 0 radical (unpaired) electrons. The van der Waals surface area contributed by atoms with E-state index >= 15 is 0 Å². The van der Waals surface area contributed by atoms with Gasteiger partial charge in [-0.25, -0.2) is 4.98 Å². The molecule has 6 nitrogen and oxygen atoms in total. The third kappa shape index (κ3) is 4.37. The third-order valence-electron chi connectivity index (χ3n) is 6.18. The summed E-state index contributed by atoms with van der Waals surface area (Å²) in [6.07, 6.45) is 1.70. The lowest BCUT2D eigenvalue weighted by atomic mass is 10.1. The van der Waals surface area contributed by atoms with Gasteiger partial charge < -0.3 is 9.64 Å². The normalized spacial score (nSPS) is 24.4. The quantitative estimate of drug-likeness (QED) is 0.726. The molecule has 0 spiro atoms. The fraction of sp³-hybridized carbons (Fsp3) is 0.500. The van der Waals surface area contributed by atoms with Crippen LogP contribution in [0.4, 0.5) is 13.2 Å². The number of aromatic nitrogens is 2. The van der Waals surface area contributed by atoms with E-state index in [0.29, 0.717) is 43.4 Å². The lowest BCUT2D eigenvalue weighted by molar-refractivity contribution is -0.140. The molecule has 9 heteroatoms. The van der Waals surface area contributed by atoms with Gasteiger partial charge in [-0.1, -0.05) is 12.1 Å². The van der Waals surface area contributed by atoms with Crippen molar-refractivity contribution >= 4 is 5.91 Å². The molecule has 3 heterocycles. The molecule has 2 saturated heterocycles. The summed E-state index contributed by atoms with van der Waals surface area (Å²) in [4.78, 5) is 25.5. The molecule has 0 unspecified atom stereocenters. The van der Waals surface area contributed by atoms with Crippen LogP contribution in [0.25, 0.3) is 0 Å². The van der Waals surface area contributed by atoms with Crippen molar-refractivity contribution in [1.82, 2.24) is 19.8 Å². The molecule has 1 amide bonds. The number of carbonyl (C=O) groups is 1. The predicted molar refractivity (Wildman–Crippen MR) is 105 cm³/mol. The van der Waals surface area contributed by atoms with Crippen LogP contribution in [0.15, 0.2) is 36.7 Å². The Balaban J connectivity index is 1.21. The maximum Gasteiger partial charge on any atom is 0.416 e. The van der Waals surface area contributed by atoms with E-state index in [1.165, 1.54) is 6.07 Å². The van der Waals surface area contributed by atoms with Gasteiger partial charge in [0.15, 0.2) is 0 Å². The lowest BCUT2D eigenvalue weighted by Crippen LogP contribution is -2.53. The predicted octanol–water partition coefficient (Wildman–Crippen LogP) is 3.24. The summed E-state index contributed by atoms with van der Waals surface area (Å²) in [5.74, 6) is 0.926. The van der Waals surface area contributed by atoms with E-state index in [0.717, 1.165) is 30.7 Å². The Hall–Kier alpha value is -2.68. The molecule has 3 aliphatic rings. The van der Waals surface area contributed by atoms with Crippen LogP contribution < -0.4 is 4.74 Å². The minimum atomic E-state index is -4.39. The van der Waals surface area contributed by atoms with Gasteiger partial charge in [-0.2, -0.15) is 13.2 Å². The van der Waals surface area contributed by atoms with E-state index in [9.17, 15) is 18.0 Å². The van der Waals surface area contributed by atoms with Gasteiger partial charge >= 0.3 is 6.18 Å². The number of hydrogen-bond donors (Lipinski definition) is 0. The van der Waals surface area contributed by atoms with Crippen molar-refractivity contribution in [3.8, 4) is 5.88 Å². The molecule has 5 rings (SSSR count). The average Bonchev–Trinajstić information content (AvgIpc) is 3.51. The van der Waals surface area contributed by atoms with Crippen molar-refractivity contribution in [3.05, 3.63) is 53.5 Å². The molecule has 1 aromatic carbocycles. The number of halogens is 3. The average molecular weight is 432 g/mol. The molecule has 2 atom stereocenters. The fourth-order valence-electron chi connectivity index (χ4n) is 4.39. The lowest BCUT2D eigenvalue weighted by Gasteiger charge is -2.36. The largest absolute Gasteiger partial charge is 0.472 e. The molecule has 1 aliphatic carbocycles. The number of piperazine rings is 1. The molecule has 2 aromatic rings. The second-order valence-electron chi connectivity index (χ2n) is 8.50. The number of ether oxygens (including phenoxy) is 1. The number of hydrogen-bond acceptors (Lipinski definition) is 5. The molecule has 31 heavy (non-hydrogen) atoms. The van der Waals surface area contributed by atoms with E-state index in [1.54, 1.807) is 23.4 Å². The van der Waals surface area contributed by atoms with Gasteiger partial charge in [-0.05, 0) is 30.5 Å². The number of amides is 1. The summed E-state index contributed by atoms with van der Waals surface area (Å²) >= 11 is 0. The summed E-state index contributed by atoms with van der Waals surface area (Å²) in [5.41, 5.74) is 0.782. The zero-order chi connectivity index (χ0) is 21.6. The van der Waals surface area contributed by atoms with Crippen LogP contribution in [0.1, 0.15) is 42.0 Å². The van der Waals surface area contributed by atoms with Crippen LogP contribution in [-0.4, -0.2) is 57.5 Å². The SMILES string of the molecule is O=C1[C@@H]2C[C@@H](Oc3cnc(C4CC4)cn3)CN2CCN1Cc1cccc(C(F)(F)F)c1. The van der Waals surface area contributed by atoms with Crippen molar-refractivity contribution in [1.29, 1.82) is 0 Å². The number of carbonyl (C=O) groups excluding carboxylic acids is 1. The Morgan fingerprint density at radius 3 is 2.68 bits per heavy atom. The number of nitrogens with zero attached hydrogens (tertiary/aromatic N) is 4. The highest BCUT2D eigenvalue weighted by Crippen LogP contribution is 2.38. The van der Waals surface area contributed by atoms with Gasteiger partial charge in [0, 0.05) is 38.5 Å². The zero-order valence-corrected chi connectivity index (χ0v) is 16.9. The van der Waals surface area contributed by atoms with Crippen molar-refractivity contribution in [2.24, 2.45) is 0 Å². The number of rotatable bonds is 5. The van der Waals surface area contributed by atoms with Crippen LogP contribution in [0.3, 0.4) is 0 Å². The smallest absolute Gasteiger partial charge is 0.416 e. The standard InChI is InChI=1S/C22H23F3N4O2/c23-22(24,25)16-3-1-2-14(8-16)12-29-7-6-28-13-17(9-19(28)21(29)30)31-20-11-26-18(10-27-20)15-4-5-15/h1-3,8,10-11,15,17,19H,4-7,9,12-13H2/t17-,19+/m1/s1. The number of benzene rings is 1. The van der Waals surface area contributed by atoms with Crippen LogP contribution in [0.5, 0.6) is 5.88 Å². The Morgan fingerprint density at radius 1 is 1.13 bits per heavy atom. The van der Waals surface area contributed by atoms with Crippen molar-refractivity contribution in [3.63, 3.8) is 0 Å². The summed E-state index contributed by atoms with van der Waals surface area (Å²) < 4.78 is 44.9. The Morgan fingerprint density at radius 2 is 1.97 bits per heavy atom. The van der Waals surface area contributed by atoms with E-state index in [4.69, 9.17) is 4.74 Å². The third-order valence-corrected chi connectivity index (χ3v) is 6.18. The van der Waals surface area contributed by atoms with E-state index in [2.05, 4.69) is 14.9 Å². The molecular formula is C22H23F3N4O2. The summed E-state index contributed by atoms with van der Waals surface area (Å²) in [6.45, 7) is 1.95. The second kappa shape index (κ2) is 7.78. The molecule has 1 saturated carbocycles. The highest BCUT2D eigenvalue weighted by atomic mass is 19.4. The first-order chi connectivity index (χ1) is 14.9. The van der Waals surface area contributed by atoms with Crippen molar-refractivity contribution < 1.29 is 22.7 Å². The van der Waals surface area contributed by atoms with Gasteiger partial charge in [0.25, 0.3) is 0 Å². The summed E-state index contributed by atoms with van der Waals surface area (Å²) in [5, 5.41) is 0. The first kappa shape index (κ1) is 20.2. The summed E-state index contributed by atoms with van der Waals surface area (Å²) in [7, 11) is 0. The molecule has 164 valence electrons. The maximum atomic E-state index is 13.0. The highest BCUT2D eigenvalue weighted by Gasteiger charge is 2.43. The molecule has 2 aliphatic heterocycles. The van der Waals surface area contributed by atoms with E-state index in [1.807, 2.05) is 0 Å². The van der Waals surface area contributed by atoms with Gasteiger partial charge in [-0.3, -0.25) is 14.7 Å². The van der Waals surface area contributed by atoms with E-state index < -0.39 is 11.7 Å². The van der Waals surface area contributed by atoms with Crippen molar-refractivity contribution in [2.45, 2.75) is 50.0 Å². The second-order valence-corrected chi connectivity index (χ2v) is 8.50. The molecule has 0 bridgehead atoms. The van der Waals surface area contributed by atoms with Crippen LogP contribution in [0.2, 0.25) is 0 Å². The highest BCUT2D eigenvalue weighted by molar-refractivity contribution is 5.83. The summed E-state index contributed by atoms with van der Waals surface area (Å²) in [6, 6.07) is 4.85. The molecular weight excluding hydrogens is 409 g/mol. The molecule has 0 N–H and O–H groups in total. The van der Waals surface area contributed by atoms with E-state index in [-0.39, 0.29) is 24.6 Å². The van der Waals surface area contributed by atoms with Crippen LogP contribution in [0, 0.1) is 0 Å². The monoisotopic (exact) mass is 432 g/mol. The Labute approximate surface area is 178 Å². The first-order valence-corrected chi connectivity index (χ1v) is 10.5. The number of fused-ring (bicyclic) bond motifs is 1. The van der Waals surface area contributed by atoms with Gasteiger partial charge in [0.05, 0.1) is 29.7 Å². The van der Waals surface area contributed by atoms with Gasteiger partial charge in [-0.15, -0.1) is 0 Å². The van der Waals surface area contributed by atoms with Crippen LogP contribution in [-0.2, 0) is 17.5 Å². The molecule has 3 fully saturated rings. The first-order valence-electron chi connectivity index (χ1n) is 10.5. The minimum Gasteiger partial charge on any atom is -0.472 e. The number of alkyl halides is 3. The minimum absolute atomic E-state index is 0.0649. The Kier molecular flexibility index (Phi) is 5.08. The van der Waals surface area contributed by atoms with Gasteiger partial charge in [0.1, 0.15) is 6.10 Å². The fourth-order valence-corrected chi connectivity index (χ4v) is 4.39. The Bertz CT molecular complexity index is 962. The van der Waals surface area contributed by atoms with Gasteiger partial charge in [0.2, 0.25) is 11.8 Å². The molecule has 1 aromatic heterocycles. The zero-order valence-electron chi connectivity index (χ0n) is 16.9. The van der Waals surface area contributed by atoms with Crippen molar-refractivity contribution in [2.75, 3.05) is 19.6 Å². The maximum absolute atomic E-state index is 13.0. The van der Waals surface area contributed by atoms with Crippen LogP contribution >= 0.6 is 0 Å². The topological polar surface area (TPSA) is 58.6 Å².